The average molecular weight is 466 g/mol. The number of hydrogen-bond donors (Lipinski definition) is 1. The van der Waals surface area contributed by atoms with E-state index in [-0.39, 0.29) is 18.0 Å². The predicted molar refractivity (Wildman–Crippen MR) is 126 cm³/mol. The van der Waals surface area contributed by atoms with Crippen molar-refractivity contribution in [3.05, 3.63) is 59.9 Å². The molecular formula is C24H27N5O3S. The van der Waals surface area contributed by atoms with Crippen molar-refractivity contribution in [3.8, 4) is 17.2 Å². The normalized spacial score (nSPS) is 16.2. The number of benzene rings is 2. The minimum atomic E-state index is -0.328. The van der Waals surface area contributed by atoms with E-state index in [1.54, 1.807) is 0 Å². The molecule has 1 atom stereocenters. The van der Waals surface area contributed by atoms with E-state index in [4.69, 9.17) is 9.47 Å². The molecule has 1 N–H and O–H groups in total. The second-order valence-electron chi connectivity index (χ2n) is 8.22. The molecule has 1 fully saturated rings. The molecule has 0 radical (unpaired) electrons. The Morgan fingerprint density at radius 3 is 2.70 bits per heavy atom. The first-order valence-corrected chi connectivity index (χ1v) is 12.1. The number of carbonyl (C=O) groups is 1. The second kappa shape index (κ2) is 9.84. The molecule has 0 unspecified atom stereocenters. The molecule has 1 aromatic heterocycles. The van der Waals surface area contributed by atoms with Gasteiger partial charge in [-0.05, 0) is 62.7 Å². The number of thioether (sulfide) groups is 1. The van der Waals surface area contributed by atoms with Crippen molar-refractivity contribution in [2.45, 2.75) is 43.3 Å². The molecule has 2 aliphatic rings. The first-order chi connectivity index (χ1) is 16.2. The number of aromatic nitrogens is 3. The van der Waals surface area contributed by atoms with Crippen molar-refractivity contribution < 1.29 is 14.3 Å². The first-order valence-electron chi connectivity index (χ1n) is 11.2. The number of fused-ring (bicyclic) bond motifs is 1. The number of amides is 1. The number of rotatable bonds is 8. The quantitative estimate of drug-likeness (QED) is 0.511. The van der Waals surface area contributed by atoms with Gasteiger partial charge in [-0.25, -0.2) is 0 Å². The highest BCUT2D eigenvalue weighted by Gasteiger charge is 2.23. The van der Waals surface area contributed by atoms with Crippen molar-refractivity contribution in [2.24, 2.45) is 0 Å². The zero-order valence-corrected chi connectivity index (χ0v) is 19.4. The molecule has 8 nitrogen and oxygen atoms in total. The van der Waals surface area contributed by atoms with Crippen LogP contribution in [0.25, 0.3) is 5.69 Å². The van der Waals surface area contributed by atoms with Crippen LogP contribution in [0.5, 0.6) is 11.5 Å². The number of hydrogen-bond acceptors (Lipinski definition) is 7. The van der Waals surface area contributed by atoms with Gasteiger partial charge in [-0.15, -0.1) is 10.2 Å². The minimum Gasteiger partial charge on any atom is -0.454 e. The molecule has 3 heterocycles. The topological polar surface area (TPSA) is 81.5 Å². The third-order valence-corrected chi connectivity index (χ3v) is 6.88. The minimum absolute atomic E-state index is 0.0543. The molecule has 33 heavy (non-hydrogen) atoms. The van der Waals surface area contributed by atoms with Gasteiger partial charge in [0, 0.05) is 12.2 Å². The summed E-state index contributed by atoms with van der Waals surface area (Å²) in [6.45, 7) is 5.48. The number of carbonyl (C=O) groups excluding carboxylic acids is 1. The monoisotopic (exact) mass is 465 g/mol. The van der Waals surface area contributed by atoms with Gasteiger partial charge in [-0.3, -0.25) is 14.3 Å². The second-order valence-corrected chi connectivity index (χ2v) is 9.53. The highest BCUT2D eigenvalue weighted by Crippen LogP contribution is 2.32. The third-order valence-electron chi connectivity index (χ3n) is 5.83. The van der Waals surface area contributed by atoms with Gasteiger partial charge in [0.15, 0.2) is 22.5 Å². The van der Waals surface area contributed by atoms with E-state index in [1.165, 1.54) is 24.6 Å². The van der Waals surface area contributed by atoms with Crippen LogP contribution in [0.15, 0.2) is 53.7 Å². The molecule has 2 aliphatic heterocycles. The van der Waals surface area contributed by atoms with Crippen LogP contribution >= 0.6 is 11.8 Å². The van der Waals surface area contributed by atoms with Crippen LogP contribution in [0.1, 0.15) is 31.2 Å². The molecule has 2 aromatic carbocycles. The van der Waals surface area contributed by atoms with Crippen LogP contribution in [-0.4, -0.2) is 50.7 Å². The van der Waals surface area contributed by atoms with Crippen LogP contribution in [0.3, 0.4) is 0 Å². The van der Waals surface area contributed by atoms with Gasteiger partial charge < -0.3 is 14.8 Å². The van der Waals surface area contributed by atoms with Crippen LogP contribution in [-0.2, 0) is 17.9 Å². The SMILES string of the molecule is C[C@H](Sc1nnc(CN2CCCC2)n1-c1ccccc1)C(=O)NCc1ccc2c(c1)OCO2. The summed E-state index contributed by atoms with van der Waals surface area (Å²) in [5.41, 5.74) is 1.97. The fourth-order valence-corrected chi connectivity index (χ4v) is 4.96. The Morgan fingerprint density at radius 2 is 1.88 bits per heavy atom. The molecule has 1 amide bonds. The smallest absolute Gasteiger partial charge is 0.233 e. The van der Waals surface area contributed by atoms with Crippen molar-refractivity contribution >= 4 is 17.7 Å². The lowest BCUT2D eigenvalue weighted by atomic mass is 10.2. The van der Waals surface area contributed by atoms with Crippen LogP contribution in [0.4, 0.5) is 0 Å². The lowest BCUT2D eigenvalue weighted by Crippen LogP contribution is -2.30. The summed E-state index contributed by atoms with van der Waals surface area (Å²) in [5.74, 6) is 2.30. The number of ether oxygens (including phenoxy) is 2. The predicted octanol–water partition coefficient (Wildman–Crippen LogP) is 3.39. The zero-order valence-electron chi connectivity index (χ0n) is 18.6. The summed E-state index contributed by atoms with van der Waals surface area (Å²) in [4.78, 5) is 15.2. The Balaban J connectivity index is 1.27. The zero-order chi connectivity index (χ0) is 22.6. The highest BCUT2D eigenvalue weighted by molar-refractivity contribution is 8.00. The van der Waals surface area contributed by atoms with Crippen molar-refractivity contribution in [3.63, 3.8) is 0 Å². The fraction of sp³-hybridized carbons (Fsp3) is 0.375. The lowest BCUT2D eigenvalue weighted by Gasteiger charge is -2.17. The number of para-hydroxylation sites is 1. The van der Waals surface area contributed by atoms with E-state index in [2.05, 4.69) is 25.0 Å². The molecular weight excluding hydrogens is 438 g/mol. The van der Waals surface area contributed by atoms with Crippen molar-refractivity contribution in [2.75, 3.05) is 19.9 Å². The van der Waals surface area contributed by atoms with Gasteiger partial charge in [-0.2, -0.15) is 0 Å². The van der Waals surface area contributed by atoms with Gasteiger partial charge in [0.05, 0.1) is 11.8 Å². The largest absolute Gasteiger partial charge is 0.454 e. The summed E-state index contributed by atoms with van der Waals surface area (Å²) in [6, 6.07) is 15.8. The van der Waals surface area contributed by atoms with E-state index in [0.717, 1.165) is 47.6 Å². The highest BCUT2D eigenvalue weighted by atomic mass is 32.2. The summed E-state index contributed by atoms with van der Waals surface area (Å²) in [7, 11) is 0. The number of nitrogens with zero attached hydrogens (tertiary/aromatic N) is 4. The summed E-state index contributed by atoms with van der Waals surface area (Å²) in [5, 5.41) is 12.3. The fourth-order valence-electron chi connectivity index (χ4n) is 4.05. The van der Waals surface area contributed by atoms with E-state index >= 15 is 0 Å². The summed E-state index contributed by atoms with van der Waals surface area (Å²) >= 11 is 1.42. The van der Waals surface area contributed by atoms with Gasteiger partial charge in [-0.1, -0.05) is 36.0 Å². The van der Waals surface area contributed by atoms with E-state index in [1.807, 2.05) is 55.5 Å². The standard InChI is InChI=1S/C24H27N5O3S/c1-17(23(30)25-14-18-9-10-20-21(13-18)32-16-31-20)33-24-27-26-22(15-28-11-5-6-12-28)29(24)19-7-3-2-4-8-19/h2-4,7-10,13,17H,5-6,11-12,14-16H2,1H3,(H,25,30)/t17-/m0/s1. The van der Waals surface area contributed by atoms with Crippen LogP contribution in [0.2, 0.25) is 0 Å². The molecule has 3 aromatic rings. The molecule has 1 saturated heterocycles. The lowest BCUT2D eigenvalue weighted by molar-refractivity contribution is -0.120. The van der Waals surface area contributed by atoms with Crippen LogP contribution < -0.4 is 14.8 Å². The number of likely N-dealkylation sites (tertiary alicyclic amines) is 1. The van der Waals surface area contributed by atoms with E-state index < -0.39 is 0 Å². The first kappa shape index (κ1) is 21.8. The Hall–Kier alpha value is -3.04. The molecule has 9 heteroatoms. The summed E-state index contributed by atoms with van der Waals surface area (Å²) < 4.78 is 12.8. The molecule has 0 saturated carbocycles. The molecule has 172 valence electrons. The Morgan fingerprint density at radius 1 is 1.09 bits per heavy atom. The molecule has 0 spiro atoms. The Bertz CT molecular complexity index is 1110. The van der Waals surface area contributed by atoms with E-state index in [0.29, 0.717) is 12.3 Å². The maximum Gasteiger partial charge on any atom is 0.233 e. The number of nitrogens with one attached hydrogen (secondary N) is 1. The Kier molecular flexibility index (Phi) is 6.50. The van der Waals surface area contributed by atoms with Crippen LogP contribution in [0, 0.1) is 0 Å². The summed E-state index contributed by atoms with van der Waals surface area (Å²) in [6.07, 6.45) is 2.45. The van der Waals surface area contributed by atoms with Gasteiger partial charge in [0.25, 0.3) is 0 Å². The Labute approximate surface area is 197 Å². The van der Waals surface area contributed by atoms with Gasteiger partial charge in [0.2, 0.25) is 12.7 Å². The average Bonchev–Trinajstić information content (AvgIpc) is 3.59. The van der Waals surface area contributed by atoms with Gasteiger partial charge >= 0.3 is 0 Å². The van der Waals surface area contributed by atoms with E-state index in [9.17, 15) is 4.79 Å². The maximum absolute atomic E-state index is 12.8. The van der Waals surface area contributed by atoms with Crippen molar-refractivity contribution in [1.29, 1.82) is 0 Å². The molecule has 0 bridgehead atoms. The maximum atomic E-state index is 12.8. The van der Waals surface area contributed by atoms with Crippen molar-refractivity contribution in [1.82, 2.24) is 25.0 Å². The molecule has 0 aliphatic carbocycles. The third kappa shape index (κ3) is 4.99. The van der Waals surface area contributed by atoms with Gasteiger partial charge in [0.1, 0.15) is 0 Å². The molecule has 5 rings (SSSR count).